The van der Waals surface area contributed by atoms with Gasteiger partial charge < -0.3 is 10.1 Å². The summed E-state index contributed by atoms with van der Waals surface area (Å²) in [5.41, 5.74) is 1.43. The molecule has 3 rings (SSSR count). The van der Waals surface area contributed by atoms with Gasteiger partial charge in [-0.05, 0) is 48.9 Å². The van der Waals surface area contributed by atoms with Crippen molar-refractivity contribution in [1.82, 2.24) is 0 Å². The summed E-state index contributed by atoms with van der Waals surface area (Å²) in [6, 6.07) is 15.1. The first-order valence-corrected chi connectivity index (χ1v) is 9.62. The number of anilines is 2. The number of nitriles is 1. The Morgan fingerprint density at radius 1 is 1.23 bits per heavy atom. The van der Waals surface area contributed by atoms with E-state index in [2.05, 4.69) is 5.32 Å². The molecule has 0 aliphatic carbocycles. The highest BCUT2D eigenvalue weighted by Gasteiger charge is 2.28. The number of sulfonamides is 1. The smallest absolute Gasteiger partial charge is 0.255 e. The van der Waals surface area contributed by atoms with Crippen molar-refractivity contribution >= 4 is 27.3 Å². The molecule has 0 bridgehead atoms. The summed E-state index contributed by atoms with van der Waals surface area (Å²) in [7, 11) is -3.29. The Hall–Kier alpha value is -3.05. The number of hydrogen-bond acceptors (Lipinski definition) is 5. The lowest BCUT2D eigenvalue weighted by atomic mass is 10.1. The van der Waals surface area contributed by atoms with E-state index in [0.29, 0.717) is 35.7 Å². The normalized spacial score (nSPS) is 15.3. The Labute approximate surface area is 151 Å². The van der Waals surface area contributed by atoms with Crippen LogP contribution in [-0.4, -0.2) is 33.2 Å². The van der Waals surface area contributed by atoms with Gasteiger partial charge in [0, 0.05) is 17.8 Å². The Kier molecular flexibility index (Phi) is 5.09. The van der Waals surface area contributed by atoms with Crippen molar-refractivity contribution in [2.45, 2.75) is 6.42 Å². The van der Waals surface area contributed by atoms with Crippen LogP contribution in [0.5, 0.6) is 5.75 Å². The molecule has 1 aliphatic rings. The van der Waals surface area contributed by atoms with Crippen LogP contribution in [-0.2, 0) is 10.0 Å². The van der Waals surface area contributed by atoms with Gasteiger partial charge in [-0.1, -0.05) is 6.07 Å². The second-order valence-electron chi connectivity index (χ2n) is 5.72. The molecule has 0 aromatic heterocycles. The van der Waals surface area contributed by atoms with Gasteiger partial charge in [0.1, 0.15) is 11.8 Å². The summed E-state index contributed by atoms with van der Waals surface area (Å²) in [6.45, 7) is 0.384. The average Bonchev–Trinajstić information content (AvgIpc) is 3.00. The van der Waals surface area contributed by atoms with E-state index in [4.69, 9.17) is 10.00 Å². The van der Waals surface area contributed by atoms with E-state index >= 15 is 0 Å². The highest BCUT2D eigenvalue weighted by atomic mass is 32.2. The van der Waals surface area contributed by atoms with Crippen LogP contribution in [0, 0.1) is 11.3 Å². The third kappa shape index (κ3) is 3.95. The van der Waals surface area contributed by atoms with Gasteiger partial charge in [0.25, 0.3) is 5.91 Å². The van der Waals surface area contributed by atoms with Crippen LogP contribution in [0.15, 0.2) is 48.5 Å². The van der Waals surface area contributed by atoms with Crippen molar-refractivity contribution in [2.75, 3.05) is 28.5 Å². The fourth-order valence-corrected chi connectivity index (χ4v) is 4.24. The van der Waals surface area contributed by atoms with Crippen molar-refractivity contribution in [1.29, 1.82) is 5.26 Å². The Morgan fingerprint density at radius 2 is 2.00 bits per heavy atom. The number of hydrogen-bond donors (Lipinski definition) is 1. The molecule has 0 radical (unpaired) electrons. The molecule has 1 fully saturated rings. The number of amides is 1. The number of carbonyl (C=O) groups excluding carboxylic acids is 1. The van der Waals surface area contributed by atoms with Gasteiger partial charge >= 0.3 is 0 Å². The molecule has 1 amide bonds. The average molecular weight is 371 g/mol. The predicted molar refractivity (Wildman–Crippen MR) is 97.7 cm³/mol. The van der Waals surface area contributed by atoms with Crippen molar-refractivity contribution < 1.29 is 17.9 Å². The maximum atomic E-state index is 12.4. The van der Waals surface area contributed by atoms with Crippen LogP contribution in [0.2, 0.25) is 0 Å². The summed E-state index contributed by atoms with van der Waals surface area (Å²) in [6.07, 6.45) is 0.582. The number of benzene rings is 2. The van der Waals surface area contributed by atoms with E-state index in [9.17, 15) is 13.2 Å². The standard InChI is InChI=1S/C18H17N3O4S/c19-9-11-25-17-7-5-15(6-8-17)20-18(22)14-3-1-4-16(13-14)21-10-2-12-26(21,23)24/h1,3-8,13H,2,10-12H2,(H,20,22). The van der Waals surface area contributed by atoms with E-state index in [1.54, 1.807) is 48.5 Å². The molecule has 1 aliphatic heterocycles. The molecule has 0 unspecified atom stereocenters. The Bertz CT molecular complexity index is 949. The van der Waals surface area contributed by atoms with Crippen LogP contribution < -0.4 is 14.4 Å². The van der Waals surface area contributed by atoms with Crippen LogP contribution in [0.3, 0.4) is 0 Å². The highest BCUT2D eigenvalue weighted by molar-refractivity contribution is 7.93. The zero-order valence-corrected chi connectivity index (χ0v) is 14.7. The van der Waals surface area contributed by atoms with E-state index in [0.717, 1.165) is 0 Å². The van der Waals surface area contributed by atoms with Crippen molar-refractivity contribution in [2.24, 2.45) is 0 Å². The molecule has 7 nitrogen and oxygen atoms in total. The molecule has 2 aromatic rings. The number of ether oxygens (including phenoxy) is 1. The molecule has 1 N–H and O–H groups in total. The van der Waals surface area contributed by atoms with Gasteiger partial charge in [-0.3, -0.25) is 9.10 Å². The van der Waals surface area contributed by atoms with Gasteiger partial charge in [-0.25, -0.2) is 8.42 Å². The summed E-state index contributed by atoms with van der Waals surface area (Å²) in [5.74, 6) is 0.323. The summed E-state index contributed by atoms with van der Waals surface area (Å²) in [4.78, 5) is 12.4. The predicted octanol–water partition coefficient (Wildman–Crippen LogP) is 2.38. The monoisotopic (exact) mass is 371 g/mol. The highest BCUT2D eigenvalue weighted by Crippen LogP contribution is 2.25. The quantitative estimate of drug-likeness (QED) is 0.870. The fourth-order valence-electron chi connectivity index (χ4n) is 2.69. The first-order valence-electron chi connectivity index (χ1n) is 8.01. The minimum Gasteiger partial charge on any atom is -0.479 e. The molecule has 26 heavy (non-hydrogen) atoms. The zero-order chi connectivity index (χ0) is 18.6. The van der Waals surface area contributed by atoms with E-state index in [-0.39, 0.29) is 18.3 Å². The SMILES string of the molecule is N#CCOc1ccc(NC(=O)c2cccc(N3CCCS3(=O)=O)c2)cc1. The summed E-state index contributed by atoms with van der Waals surface area (Å²) >= 11 is 0. The molecular formula is C18H17N3O4S. The minimum absolute atomic E-state index is 0.0437. The molecule has 2 aromatic carbocycles. The van der Waals surface area contributed by atoms with Crippen molar-refractivity contribution in [3.8, 4) is 11.8 Å². The summed E-state index contributed by atoms with van der Waals surface area (Å²) < 4.78 is 30.6. The molecule has 1 saturated heterocycles. The molecule has 0 saturated carbocycles. The van der Waals surface area contributed by atoms with Gasteiger partial charge in [0.05, 0.1) is 11.4 Å². The third-order valence-electron chi connectivity index (χ3n) is 3.91. The molecular weight excluding hydrogens is 354 g/mol. The second-order valence-corrected chi connectivity index (χ2v) is 7.73. The van der Waals surface area contributed by atoms with Crippen LogP contribution in [0.25, 0.3) is 0 Å². The molecule has 0 spiro atoms. The van der Waals surface area contributed by atoms with Crippen molar-refractivity contribution in [3.05, 3.63) is 54.1 Å². The molecule has 1 heterocycles. The zero-order valence-electron chi connectivity index (χ0n) is 13.9. The minimum atomic E-state index is -3.29. The topological polar surface area (TPSA) is 99.5 Å². The molecule has 0 atom stereocenters. The number of rotatable bonds is 5. The van der Waals surface area contributed by atoms with Crippen LogP contribution in [0.1, 0.15) is 16.8 Å². The first-order chi connectivity index (χ1) is 12.5. The number of nitrogens with zero attached hydrogens (tertiary/aromatic N) is 2. The summed E-state index contributed by atoms with van der Waals surface area (Å²) in [5, 5.41) is 11.2. The fraction of sp³-hybridized carbons (Fsp3) is 0.222. The Balaban J connectivity index is 1.72. The molecule has 8 heteroatoms. The maximum Gasteiger partial charge on any atom is 0.255 e. The second kappa shape index (κ2) is 7.45. The van der Waals surface area contributed by atoms with Crippen LogP contribution in [0.4, 0.5) is 11.4 Å². The number of nitrogens with one attached hydrogen (secondary N) is 1. The molecule has 134 valence electrons. The van der Waals surface area contributed by atoms with Gasteiger partial charge in [0.2, 0.25) is 10.0 Å². The van der Waals surface area contributed by atoms with E-state index < -0.39 is 10.0 Å². The van der Waals surface area contributed by atoms with Gasteiger partial charge in [0.15, 0.2) is 6.61 Å². The lowest BCUT2D eigenvalue weighted by Gasteiger charge is -2.17. The van der Waals surface area contributed by atoms with Gasteiger partial charge in [-0.2, -0.15) is 5.26 Å². The van der Waals surface area contributed by atoms with Gasteiger partial charge in [-0.15, -0.1) is 0 Å². The lowest BCUT2D eigenvalue weighted by Crippen LogP contribution is -2.25. The van der Waals surface area contributed by atoms with E-state index in [1.165, 1.54) is 4.31 Å². The lowest BCUT2D eigenvalue weighted by molar-refractivity contribution is 0.102. The van der Waals surface area contributed by atoms with E-state index in [1.807, 2.05) is 6.07 Å². The first kappa shape index (κ1) is 17.8. The maximum absolute atomic E-state index is 12.4. The van der Waals surface area contributed by atoms with Crippen molar-refractivity contribution in [3.63, 3.8) is 0 Å². The Morgan fingerprint density at radius 3 is 2.65 bits per heavy atom. The van der Waals surface area contributed by atoms with Crippen LogP contribution >= 0.6 is 0 Å². The largest absolute Gasteiger partial charge is 0.479 e. The third-order valence-corrected chi connectivity index (χ3v) is 5.78. The number of carbonyl (C=O) groups is 1.